The monoisotopic (exact) mass is 301 g/mol. The van der Waals surface area contributed by atoms with Gasteiger partial charge in [-0.1, -0.05) is 19.8 Å². The second kappa shape index (κ2) is 5.50. The van der Waals surface area contributed by atoms with Gasteiger partial charge in [0.15, 0.2) is 0 Å². The van der Waals surface area contributed by atoms with Crippen LogP contribution in [0, 0.1) is 11.8 Å². The third-order valence-corrected chi connectivity index (χ3v) is 5.27. The summed E-state index contributed by atoms with van der Waals surface area (Å²) < 4.78 is 7.14. The summed E-state index contributed by atoms with van der Waals surface area (Å²) in [5.41, 5.74) is 0.921. The number of methoxy groups -OCH3 is 1. The second-order valence-corrected chi connectivity index (χ2v) is 6.66. The molecule has 1 saturated carbocycles. The third-order valence-electron chi connectivity index (χ3n) is 5.27. The molecule has 1 saturated heterocycles. The summed E-state index contributed by atoms with van der Waals surface area (Å²) in [5.74, 6) is 3.33. The van der Waals surface area contributed by atoms with Crippen molar-refractivity contribution in [1.29, 1.82) is 0 Å². The van der Waals surface area contributed by atoms with E-state index in [9.17, 15) is 0 Å². The molecule has 118 valence electrons. The highest BCUT2D eigenvalue weighted by Gasteiger charge is 2.41. The zero-order chi connectivity index (χ0) is 15.1. The van der Waals surface area contributed by atoms with Crippen LogP contribution in [0.3, 0.4) is 0 Å². The summed E-state index contributed by atoms with van der Waals surface area (Å²) in [4.78, 5) is 11.3. The summed E-state index contributed by atoms with van der Waals surface area (Å²) in [6, 6.07) is 2.75. The minimum Gasteiger partial charge on any atom is -0.378 e. The Morgan fingerprint density at radius 2 is 2.18 bits per heavy atom. The van der Waals surface area contributed by atoms with Gasteiger partial charge in [-0.15, -0.1) is 0 Å². The van der Waals surface area contributed by atoms with Gasteiger partial charge in [-0.05, 0) is 24.7 Å². The SMILES string of the molecule is COCc1cc(N2CC(C)C3CCCCC32)n2ncnc2n1. The Morgan fingerprint density at radius 1 is 1.32 bits per heavy atom. The van der Waals surface area contributed by atoms with Gasteiger partial charge in [-0.3, -0.25) is 0 Å². The number of hydrogen-bond acceptors (Lipinski definition) is 5. The highest BCUT2D eigenvalue weighted by atomic mass is 16.5. The van der Waals surface area contributed by atoms with Crippen molar-refractivity contribution in [3.8, 4) is 0 Å². The third kappa shape index (κ3) is 2.17. The van der Waals surface area contributed by atoms with E-state index < -0.39 is 0 Å². The first kappa shape index (κ1) is 13.9. The van der Waals surface area contributed by atoms with Crippen molar-refractivity contribution in [2.24, 2.45) is 11.8 Å². The van der Waals surface area contributed by atoms with E-state index >= 15 is 0 Å². The molecule has 0 radical (unpaired) electrons. The Bertz CT molecular complexity index is 670. The van der Waals surface area contributed by atoms with Gasteiger partial charge in [0.1, 0.15) is 12.1 Å². The van der Waals surface area contributed by atoms with Gasteiger partial charge < -0.3 is 9.64 Å². The van der Waals surface area contributed by atoms with Gasteiger partial charge in [0.2, 0.25) is 0 Å². The van der Waals surface area contributed by atoms with Crippen molar-refractivity contribution in [3.63, 3.8) is 0 Å². The Morgan fingerprint density at radius 3 is 3.05 bits per heavy atom. The number of rotatable bonds is 3. The molecule has 4 rings (SSSR count). The second-order valence-electron chi connectivity index (χ2n) is 6.66. The maximum atomic E-state index is 5.26. The highest BCUT2D eigenvalue weighted by molar-refractivity contribution is 5.49. The number of ether oxygens (including phenoxy) is 1. The van der Waals surface area contributed by atoms with Crippen LogP contribution in [-0.2, 0) is 11.3 Å². The van der Waals surface area contributed by atoms with Gasteiger partial charge in [0, 0.05) is 25.8 Å². The maximum absolute atomic E-state index is 5.26. The lowest BCUT2D eigenvalue weighted by atomic mass is 9.80. The molecule has 3 heterocycles. The minimum atomic E-state index is 0.508. The molecule has 2 aliphatic rings. The lowest BCUT2D eigenvalue weighted by molar-refractivity contribution is 0.181. The molecule has 3 atom stereocenters. The van der Waals surface area contributed by atoms with Gasteiger partial charge in [0.05, 0.1) is 12.3 Å². The van der Waals surface area contributed by atoms with E-state index in [0.29, 0.717) is 18.4 Å². The van der Waals surface area contributed by atoms with Gasteiger partial charge in [0.25, 0.3) is 5.78 Å². The van der Waals surface area contributed by atoms with Gasteiger partial charge in [-0.25, -0.2) is 4.98 Å². The zero-order valence-electron chi connectivity index (χ0n) is 13.3. The number of anilines is 1. The number of nitrogens with zero attached hydrogens (tertiary/aromatic N) is 5. The molecule has 6 nitrogen and oxygen atoms in total. The number of fused-ring (bicyclic) bond motifs is 2. The lowest BCUT2D eigenvalue weighted by Crippen LogP contribution is -2.36. The van der Waals surface area contributed by atoms with Crippen LogP contribution in [-0.4, -0.2) is 39.3 Å². The van der Waals surface area contributed by atoms with Crippen molar-refractivity contribution < 1.29 is 4.74 Å². The molecule has 0 bridgehead atoms. The smallest absolute Gasteiger partial charge is 0.254 e. The predicted molar refractivity (Wildman–Crippen MR) is 83.8 cm³/mol. The van der Waals surface area contributed by atoms with E-state index in [1.807, 2.05) is 4.52 Å². The zero-order valence-corrected chi connectivity index (χ0v) is 13.3. The lowest BCUT2D eigenvalue weighted by Gasteiger charge is -2.33. The number of aromatic nitrogens is 4. The molecular weight excluding hydrogens is 278 g/mol. The van der Waals surface area contributed by atoms with E-state index in [2.05, 4.69) is 33.0 Å². The van der Waals surface area contributed by atoms with Crippen LogP contribution < -0.4 is 4.90 Å². The molecule has 6 heteroatoms. The average molecular weight is 301 g/mol. The van der Waals surface area contributed by atoms with Crippen molar-refractivity contribution in [1.82, 2.24) is 19.6 Å². The topological polar surface area (TPSA) is 55.6 Å². The summed E-state index contributed by atoms with van der Waals surface area (Å²) in [6.07, 6.45) is 6.94. The average Bonchev–Trinajstić information content (AvgIpc) is 3.12. The van der Waals surface area contributed by atoms with Crippen molar-refractivity contribution in [2.45, 2.75) is 45.3 Å². The molecule has 1 aliphatic carbocycles. The van der Waals surface area contributed by atoms with Crippen LogP contribution in [0.25, 0.3) is 5.78 Å². The van der Waals surface area contributed by atoms with Crippen molar-refractivity contribution in [3.05, 3.63) is 18.1 Å². The first-order chi connectivity index (χ1) is 10.8. The van der Waals surface area contributed by atoms with Crippen molar-refractivity contribution in [2.75, 3.05) is 18.6 Å². The van der Waals surface area contributed by atoms with Crippen LogP contribution in [0.2, 0.25) is 0 Å². The van der Waals surface area contributed by atoms with E-state index in [1.54, 1.807) is 13.4 Å². The van der Waals surface area contributed by atoms with Gasteiger partial charge in [-0.2, -0.15) is 14.6 Å². The minimum absolute atomic E-state index is 0.508. The van der Waals surface area contributed by atoms with E-state index in [1.165, 1.54) is 25.7 Å². The molecule has 0 N–H and O–H groups in total. The molecule has 0 aromatic carbocycles. The van der Waals surface area contributed by atoms with Crippen LogP contribution in [0.4, 0.5) is 5.82 Å². The molecule has 3 unspecified atom stereocenters. The molecular formula is C16H23N5O. The maximum Gasteiger partial charge on any atom is 0.254 e. The molecule has 2 aromatic heterocycles. The molecule has 1 aliphatic heterocycles. The Hall–Kier alpha value is -1.69. The summed E-state index contributed by atoms with van der Waals surface area (Å²) in [5, 5.41) is 4.39. The first-order valence-corrected chi connectivity index (χ1v) is 8.23. The molecule has 2 fully saturated rings. The quantitative estimate of drug-likeness (QED) is 0.870. The fraction of sp³-hybridized carbons (Fsp3) is 0.688. The van der Waals surface area contributed by atoms with Crippen molar-refractivity contribution >= 4 is 11.6 Å². The summed E-state index contributed by atoms with van der Waals surface area (Å²) in [7, 11) is 1.70. The van der Waals surface area contributed by atoms with Crippen LogP contribution >= 0.6 is 0 Å². The largest absolute Gasteiger partial charge is 0.378 e. The fourth-order valence-electron chi connectivity index (χ4n) is 4.31. The first-order valence-electron chi connectivity index (χ1n) is 8.23. The molecule has 2 aromatic rings. The van der Waals surface area contributed by atoms with Crippen LogP contribution in [0.15, 0.2) is 12.4 Å². The normalized spacial score (nSPS) is 28.3. The van der Waals surface area contributed by atoms with Crippen LogP contribution in [0.5, 0.6) is 0 Å². The van der Waals surface area contributed by atoms with E-state index in [4.69, 9.17) is 4.74 Å². The van der Waals surface area contributed by atoms with E-state index in [-0.39, 0.29) is 0 Å². The highest BCUT2D eigenvalue weighted by Crippen LogP contribution is 2.41. The summed E-state index contributed by atoms with van der Waals surface area (Å²) in [6.45, 7) is 3.99. The van der Waals surface area contributed by atoms with Gasteiger partial charge >= 0.3 is 0 Å². The van der Waals surface area contributed by atoms with E-state index in [0.717, 1.165) is 29.9 Å². The summed E-state index contributed by atoms with van der Waals surface area (Å²) >= 11 is 0. The Balaban J connectivity index is 1.77. The Labute approximate surface area is 130 Å². The Kier molecular flexibility index (Phi) is 3.48. The molecule has 0 spiro atoms. The molecule has 0 amide bonds. The van der Waals surface area contributed by atoms with Crippen LogP contribution in [0.1, 0.15) is 38.3 Å². The predicted octanol–water partition coefficient (Wildman–Crippen LogP) is 2.29. The fourth-order valence-corrected chi connectivity index (χ4v) is 4.31. The number of hydrogen-bond donors (Lipinski definition) is 0. The standard InChI is InChI=1S/C16H23N5O/c1-11-8-20(14-6-4-3-5-13(11)14)15-7-12(9-22-2)19-16-17-10-18-21(15)16/h7,10-11,13-14H,3-6,8-9H2,1-2H3. The molecule has 22 heavy (non-hydrogen) atoms.